The lowest BCUT2D eigenvalue weighted by atomic mass is 10.0. The molecule has 2 aromatic rings. The van der Waals surface area contributed by atoms with Crippen molar-refractivity contribution in [2.45, 2.75) is 57.9 Å². The van der Waals surface area contributed by atoms with E-state index in [-0.39, 0.29) is 12.1 Å². The number of hydrogen-bond acceptors (Lipinski definition) is 3. The van der Waals surface area contributed by atoms with Crippen molar-refractivity contribution >= 4 is 11.0 Å². The van der Waals surface area contributed by atoms with Crippen LogP contribution < -0.4 is 5.73 Å². The molecular formula is C16H23N3O. The number of benzene rings is 1. The summed E-state index contributed by atoms with van der Waals surface area (Å²) in [5.74, 6) is 1.07. The summed E-state index contributed by atoms with van der Waals surface area (Å²) in [6, 6.07) is 8.30. The fraction of sp³-hybridized carbons (Fsp3) is 0.562. The van der Waals surface area contributed by atoms with Gasteiger partial charge in [-0.1, -0.05) is 12.1 Å². The lowest BCUT2D eigenvalue weighted by Crippen LogP contribution is -2.37. The molecule has 2 heterocycles. The van der Waals surface area contributed by atoms with Gasteiger partial charge in [-0.05, 0) is 38.8 Å². The Labute approximate surface area is 119 Å². The third-order valence-corrected chi connectivity index (χ3v) is 4.21. The van der Waals surface area contributed by atoms with Crippen molar-refractivity contribution in [1.82, 2.24) is 9.55 Å². The van der Waals surface area contributed by atoms with Gasteiger partial charge in [0.05, 0.1) is 23.2 Å². The summed E-state index contributed by atoms with van der Waals surface area (Å²) in [4.78, 5) is 4.74. The zero-order valence-electron chi connectivity index (χ0n) is 12.2. The topological polar surface area (TPSA) is 53.1 Å². The summed E-state index contributed by atoms with van der Waals surface area (Å²) in [6.07, 6.45) is 3.48. The molecule has 2 N–H and O–H groups in total. The highest BCUT2D eigenvalue weighted by atomic mass is 16.5. The molecule has 1 fully saturated rings. The smallest absolute Gasteiger partial charge is 0.111 e. The van der Waals surface area contributed by atoms with Gasteiger partial charge in [0.1, 0.15) is 5.82 Å². The number of aryl methyl sites for hydroxylation is 1. The Bertz CT molecular complexity index is 592. The predicted molar refractivity (Wildman–Crippen MR) is 80.7 cm³/mol. The quantitative estimate of drug-likeness (QED) is 0.931. The van der Waals surface area contributed by atoms with Crippen LogP contribution in [0.4, 0.5) is 0 Å². The number of imidazole rings is 1. The molecule has 0 radical (unpaired) electrons. The lowest BCUT2D eigenvalue weighted by molar-refractivity contribution is 0.0399. The van der Waals surface area contributed by atoms with Crippen LogP contribution in [-0.2, 0) is 17.7 Å². The molecule has 0 amide bonds. The number of para-hydroxylation sites is 2. The Morgan fingerprint density at radius 2 is 2.20 bits per heavy atom. The van der Waals surface area contributed by atoms with Crippen molar-refractivity contribution in [3.63, 3.8) is 0 Å². The molecular weight excluding hydrogens is 250 g/mol. The highest BCUT2D eigenvalue weighted by Crippen LogP contribution is 2.23. The highest BCUT2D eigenvalue weighted by molar-refractivity contribution is 5.75. The van der Waals surface area contributed by atoms with E-state index in [1.165, 1.54) is 5.52 Å². The normalized spacial score (nSPS) is 24.4. The molecule has 1 saturated heterocycles. The molecule has 3 atom stereocenters. The zero-order chi connectivity index (χ0) is 14.1. The average Bonchev–Trinajstić information content (AvgIpc) is 3.01. The van der Waals surface area contributed by atoms with Crippen molar-refractivity contribution < 1.29 is 4.74 Å². The van der Waals surface area contributed by atoms with Crippen LogP contribution in [0, 0.1) is 0 Å². The fourth-order valence-electron chi connectivity index (χ4n) is 3.12. The number of rotatable bonds is 4. The summed E-state index contributed by atoms with van der Waals surface area (Å²) in [7, 11) is 0. The molecule has 0 aliphatic carbocycles. The molecule has 20 heavy (non-hydrogen) atoms. The van der Waals surface area contributed by atoms with Gasteiger partial charge >= 0.3 is 0 Å². The van der Waals surface area contributed by atoms with Gasteiger partial charge < -0.3 is 15.0 Å². The van der Waals surface area contributed by atoms with Crippen LogP contribution in [0.1, 0.15) is 32.5 Å². The van der Waals surface area contributed by atoms with Crippen molar-refractivity contribution in [2.75, 3.05) is 0 Å². The van der Waals surface area contributed by atoms with Crippen LogP contribution in [0.2, 0.25) is 0 Å². The van der Waals surface area contributed by atoms with Gasteiger partial charge in [0.15, 0.2) is 0 Å². The molecule has 0 spiro atoms. The minimum Gasteiger partial charge on any atom is -0.374 e. The summed E-state index contributed by atoms with van der Waals surface area (Å²) < 4.78 is 8.14. The van der Waals surface area contributed by atoms with Crippen molar-refractivity contribution in [1.29, 1.82) is 0 Å². The van der Waals surface area contributed by atoms with E-state index in [2.05, 4.69) is 36.6 Å². The Morgan fingerprint density at radius 1 is 1.40 bits per heavy atom. The molecule has 0 saturated carbocycles. The van der Waals surface area contributed by atoms with Crippen LogP contribution in [0.5, 0.6) is 0 Å². The first-order valence-electron chi connectivity index (χ1n) is 7.54. The molecule has 1 aliphatic heterocycles. The van der Waals surface area contributed by atoms with E-state index in [0.717, 1.165) is 37.1 Å². The second kappa shape index (κ2) is 5.54. The van der Waals surface area contributed by atoms with Crippen molar-refractivity contribution in [3.05, 3.63) is 30.1 Å². The first-order valence-corrected chi connectivity index (χ1v) is 7.54. The number of nitrogens with zero attached hydrogens (tertiary/aromatic N) is 2. The zero-order valence-corrected chi connectivity index (χ0v) is 12.2. The third-order valence-electron chi connectivity index (χ3n) is 4.21. The van der Waals surface area contributed by atoms with E-state index >= 15 is 0 Å². The van der Waals surface area contributed by atoms with Gasteiger partial charge in [-0.3, -0.25) is 0 Å². The van der Waals surface area contributed by atoms with Crippen LogP contribution in [0.25, 0.3) is 11.0 Å². The summed E-state index contributed by atoms with van der Waals surface area (Å²) in [5, 5.41) is 0. The molecule has 1 aromatic carbocycles. The Morgan fingerprint density at radius 3 is 2.90 bits per heavy atom. The maximum Gasteiger partial charge on any atom is 0.111 e. The Kier molecular flexibility index (Phi) is 3.76. The summed E-state index contributed by atoms with van der Waals surface area (Å²) >= 11 is 0. The van der Waals surface area contributed by atoms with Gasteiger partial charge in [-0.15, -0.1) is 0 Å². The minimum absolute atomic E-state index is 0.0297. The van der Waals surface area contributed by atoms with E-state index < -0.39 is 0 Å². The predicted octanol–water partition coefficient (Wildman–Crippen LogP) is 2.49. The van der Waals surface area contributed by atoms with Crippen LogP contribution in [-0.4, -0.2) is 27.8 Å². The van der Waals surface area contributed by atoms with E-state index in [9.17, 15) is 0 Å². The number of fused-ring (bicyclic) bond motifs is 1. The Hall–Kier alpha value is -1.39. The maximum atomic E-state index is 6.34. The second-order valence-corrected chi connectivity index (χ2v) is 5.69. The van der Waals surface area contributed by atoms with E-state index in [1.807, 2.05) is 6.07 Å². The van der Waals surface area contributed by atoms with Gasteiger partial charge in [0.2, 0.25) is 0 Å². The SMILES string of the molecule is CCn1c(CC(N)C2CCC(C)O2)nc2ccccc21. The maximum absolute atomic E-state index is 6.34. The molecule has 4 nitrogen and oxygen atoms in total. The highest BCUT2D eigenvalue weighted by Gasteiger charge is 2.28. The number of nitrogens with two attached hydrogens (primary N) is 1. The largest absolute Gasteiger partial charge is 0.374 e. The lowest BCUT2D eigenvalue weighted by Gasteiger charge is -2.19. The Balaban J connectivity index is 1.83. The molecule has 1 aliphatic rings. The number of aromatic nitrogens is 2. The number of ether oxygens (including phenoxy) is 1. The van der Waals surface area contributed by atoms with Gasteiger partial charge in [0, 0.05) is 19.0 Å². The molecule has 0 bridgehead atoms. The van der Waals surface area contributed by atoms with E-state index in [1.54, 1.807) is 0 Å². The monoisotopic (exact) mass is 273 g/mol. The van der Waals surface area contributed by atoms with Gasteiger partial charge in [-0.25, -0.2) is 4.98 Å². The van der Waals surface area contributed by atoms with Crippen LogP contribution in [0.3, 0.4) is 0 Å². The molecule has 108 valence electrons. The molecule has 1 aromatic heterocycles. The van der Waals surface area contributed by atoms with Crippen LogP contribution in [0.15, 0.2) is 24.3 Å². The van der Waals surface area contributed by atoms with E-state index in [0.29, 0.717) is 6.10 Å². The summed E-state index contributed by atoms with van der Waals surface area (Å²) in [6.45, 7) is 5.19. The molecule has 3 unspecified atom stereocenters. The molecule has 3 rings (SSSR count). The number of hydrogen-bond donors (Lipinski definition) is 1. The van der Waals surface area contributed by atoms with Gasteiger partial charge in [-0.2, -0.15) is 0 Å². The first kappa shape index (κ1) is 13.6. The third kappa shape index (κ3) is 2.45. The van der Waals surface area contributed by atoms with Crippen LogP contribution >= 0.6 is 0 Å². The first-order chi connectivity index (χ1) is 9.69. The van der Waals surface area contributed by atoms with Gasteiger partial charge in [0.25, 0.3) is 0 Å². The second-order valence-electron chi connectivity index (χ2n) is 5.69. The van der Waals surface area contributed by atoms with E-state index in [4.69, 9.17) is 15.5 Å². The van der Waals surface area contributed by atoms with Crippen molar-refractivity contribution in [3.8, 4) is 0 Å². The average molecular weight is 273 g/mol. The fourth-order valence-corrected chi connectivity index (χ4v) is 3.12. The minimum atomic E-state index is 0.0297. The standard InChI is InChI=1S/C16H23N3O/c1-3-19-14-7-5-4-6-13(14)18-16(19)10-12(17)15-9-8-11(2)20-15/h4-7,11-12,15H,3,8-10,17H2,1-2H3. The summed E-state index contributed by atoms with van der Waals surface area (Å²) in [5.41, 5.74) is 8.59. The molecule has 4 heteroatoms. The van der Waals surface area contributed by atoms with Crippen molar-refractivity contribution in [2.24, 2.45) is 5.73 Å².